The van der Waals surface area contributed by atoms with E-state index in [9.17, 15) is 33.2 Å². The standard InChI is InChI=1S/C22H24FN5O6.C16H20FN5O6/c1-4-13-14(23)16(34-22(31)32-12-8-6-5-7-9-12)20(33-13)28-10-24-15-17(28)25-21(27-19(15)30)26-18(29)11(2)3;1-4-7-8(17)10(28-16(25)26)14(27-7)22-5-18-9-11(22)19-15(21-13(9)24)20-12(23)6(2)3/h5-11,13-14,16,20H,4H2,1-3H3,(H2,25,26,27,29,30);5-8,10,14H,4H2,1-3H3,(H,25,26)(H2,19,20,21,23,24)/t13-,14+,16-,20-;7-,8+,10-,14-/m11/s1. The number of carbonyl (C=O) groups excluding carboxylic acids is 3. The first-order valence-electron chi connectivity index (χ1n) is 19.5. The number of hydrogen-bond acceptors (Lipinski definition) is 15. The number of carbonyl (C=O) groups is 4. The van der Waals surface area contributed by atoms with E-state index in [4.69, 9.17) is 24.1 Å². The Balaban J connectivity index is 0.000000211. The molecule has 0 spiro atoms. The lowest BCUT2D eigenvalue weighted by Gasteiger charge is -2.20. The number of ether oxygens (including phenoxy) is 5. The minimum Gasteiger partial charge on any atom is -0.450 e. The highest BCUT2D eigenvalue weighted by Crippen LogP contribution is 2.38. The molecular weight excluding hydrogens is 826 g/mol. The van der Waals surface area contributed by atoms with Crippen molar-refractivity contribution in [2.45, 2.75) is 104 Å². The number of para-hydroxylation sites is 1. The van der Waals surface area contributed by atoms with Gasteiger partial charge in [-0.25, -0.2) is 28.3 Å². The van der Waals surface area contributed by atoms with Gasteiger partial charge in [-0.1, -0.05) is 59.7 Å². The molecule has 22 nitrogen and oxygen atoms in total. The van der Waals surface area contributed by atoms with Gasteiger partial charge in [0.2, 0.25) is 23.7 Å². The Morgan fingerprint density at radius 1 is 0.758 bits per heavy atom. The van der Waals surface area contributed by atoms with Gasteiger partial charge in [0.05, 0.1) is 24.9 Å². The predicted molar refractivity (Wildman–Crippen MR) is 212 cm³/mol. The molecule has 2 amide bonds. The second-order valence-corrected chi connectivity index (χ2v) is 14.7. The van der Waals surface area contributed by atoms with Crippen LogP contribution in [0.5, 0.6) is 5.75 Å². The molecule has 0 unspecified atom stereocenters. The van der Waals surface area contributed by atoms with Crippen molar-refractivity contribution in [2.75, 3.05) is 10.6 Å². The van der Waals surface area contributed by atoms with E-state index < -0.39 is 72.6 Å². The second-order valence-electron chi connectivity index (χ2n) is 14.7. The van der Waals surface area contributed by atoms with Gasteiger partial charge in [0.25, 0.3) is 11.1 Å². The topological polar surface area (TPSA) is 286 Å². The summed E-state index contributed by atoms with van der Waals surface area (Å²) >= 11 is 0. The smallest absolute Gasteiger partial charge is 0.450 e. The maximum Gasteiger partial charge on any atom is 0.514 e. The van der Waals surface area contributed by atoms with Crippen LogP contribution in [0.25, 0.3) is 22.3 Å². The summed E-state index contributed by atoms with van der Waals surface area (Å²) in [7, 11) is 0. The summed E-state index contributed by atoms with van der Waals surface area (Å²) in [5, 5.41) is 13.9. The van der Waals surface area contributed by atoms with Crippen LogP contribution < -0.4 is 26.5 Å². The van der Waals surface area contributed by atoms with E-state index in [2.05, 4.69) is 45.3 Å². The largest absolute Gasteiger partial charge is 0.514 e. The maximum absolute atomic E-state index is 15.2. The molecule has 4 aromatic heterocycles. The van der Waals surface area contributed by atoms with Gasteiger partial charge in [-0.05, 0) is 25.0 Å². The van der Waals surface area contributed by atoms with E-state index in [0.717, 1.165) is 0 Å². The highest BCUT2D eigenvalue weighted by Gasteiger charge is 2.50. The molecule has 6 heterocycles. The van der Waals surface area contributed by atoms with Crippen LogP contribution >= 0.6 is 0 Å². The van der Waals surface area contributed by atoms with Gasteiger partial charge < -0.3 is 28.8 Å². The normalized spacial score (nSPS) is 23.3. The second kappa shape index (κ2) is 18.8. The number of rotatable bonds is 11. The van der Waals surface area contributed by atoms with Crippen LogP contribution in [0.2, 0.25) is 0 Å². The molecular formula is C38H44F2N10O12. The zero-order valence-electron chi connectivity index (χ0n) is 34.1. The third-order valence-electron chi connectivity index (χ3n) is 9.69. The molecule has 8 atom stereocenters. The SMILES string of the molecule is CC[C@H]1O[C@@H](n2cnc3c(=O)[nH]c(NC(=O)C(C)C)nc32)[C@H](OC(=O)O)[C@H]1F.CC[C@H]1O[C@@H](n2cnc3c(=O)[nH]c(NC(=O)C(C)C)nc32)[C@H](OC(=O)Oc2ccccc2)[C@H]1F. The monoisotopic (exact) mass is 870 g/mol. The highest BCUT2D eigenvalue weighted by molar-refractivity contribution is 5.91. The summed E-state index contributed by atoms with van der Waals surface area (Å²) in [6.07, 6.45) is -10.1. The lowest BCUT2D eigenvalue weighted by atomic mass is 10.1. The maximum atomic E-state index is 15.2. The average Bonchev–Trinajstić information content (AvgIpc) is 3.99. The number of anilines is 2. The lowest BCUT2D eigenvalue weighted by Crippen LogP contribution is -2.34. The average molecular weight is 871 g/mol. The van der Waals surface area contributed by atoms with Crippen molar-refractivity contribution in [3.63, 3.8) is 0 Å². The molecule has 0 bridgehead atoms. The predicted octanol–water partition coefficient (Wildman–Crippen LogP) is 4.37. The van der Waals surface area contributed by atoms with Crippen molar-refractivity contribution < 1.29 is 56.7 Å². The number of carboxylic acid groups (broad SMARTS) is 1. The molecule has 5 aromatic rings. The Hall–Kier alpha value is -6.82. The quantitative estimate of drug-likeness (QED) is 0.0910. The van der Waals surface area contributed by atoms with Crippen LogP contribution in [-0.2, 0) is 28.5 Å². The van der Waals surface area contributed by atoms with Crippen molar-refractivity contribution in [3.8, 4) is 5.75 Å². The Labute approximate surface area is 349 Å². The van der Waals surface area contributed by atoms with Gasteiger partial charge >= 0.3 is 12.3 Å². The van der Waals surface area contributed by atoms with Gasteiger partial charge in [-0.15, -0.1) is 0 Å². The number of hydrogen-bond donors (Lipinski definition) is 5. The molecule has 62 heavy (non-hydrogen) atoms. The van der Waals surface area contributed by atoms with E-state index in [1.165, 1.54) is 21.8 Å². The van der Waals surface area contributed by atoms with Gasteiger partial charge in [0.1, 0.15) is 5.75 Å². The zero-order valence-corrected chi connectivity index (χ0v) is 34.1. The van der Waals surface area contributed by atoms with Gasteiger partial charge in [0.15, 0.2) is 59.3 Å². The number of aromatic amines is 2. The molecule has 2 saturated heterocycles. The number of H-pyrrole nitrogens is 2. The van der Waals surface area contributed by atoms with E-state index in [-0.39, 0.29) is 70.0 Å². The Bertz CT molecular complexity index is 2540. The third-order valence-corrected chi connectivity index (χ3v) is 9.69. The van der Waals surface area contributed by atoms with Crippen molar-refractivity contribution in [1.82, 2.24) is 39.0 Å². The zero-order chi connectivity index (χ0) is 45.0. The first kappa shape index (κ1) is 44.7. The molecule has 7 rings (SSSR count). The molecule has 2 fully saturated rings. The van der Waals surface area contributed by atoms with Crippen molar-refractivity contribution in [2.24, 2.45) is 11.8 Å². The van der Waals surface area contributed by atoms with E-state index in [0.29, 0.717) is 6.42 Å². The molecule has 1 aromatic carbocycles. The fourth-order valence-corrected chi connectivity index (χ4v) is 6.44. The number of imidazole rings is 2. The van der Waals surface area contributed by atoms with Crippen LogP contribution in [0, 0.1) is 11.8 Å². The first-order chi connectivity index (χ1) is 29.5. The van der Waals surface area contributed by atoms with Crippen LogP contribution in [0.4, 0.5) is 30.3 Å². The van der Waals surface area contributed by atoms with Crippen LogP contribution in [0.1, 0.15) is 66.8 Å². The molecule has 0 aliphatic carbocycles. The third kappa shape index (κ3) is 9.54. The molecule has 5 N–H and O–H groups in total. The van der Waals surface area contributed by atoms with Gasteiger partial charge in [-0.2, -0.15) is 9.97 Å². The minimum absolute atomic E-state index is 0.00394. The van der Waals surface area contributed by atoms with Gasteiger partial charge in [-0.3, -0.25) is 48.9 Å². The lowest BCUT2D eigenvalue weighted by molar-refractivity contribution is -0.119. The molecule has 2 aliphatic heterocycles. The number of nitrogens with one attached hydrogen (secondary N) is 4. The van der Waals surface area contributed by atoms with Crippen LogP contribution in [0.3, 0.4) is 0 Å². The number of fused-ring (bicyclic) bond motifs is 2. The molecule has 0 radical (unpaired) electrons. The first-order valence-corrected chi connectivity index (χ1v) is 19.5. The van der Waals surface area contributed by atoms with Crippen LogP contribution in [0.15, 0.2) is 52.6 Å². The molecule has 24 heteroatoms. The summed E-state index contributed by atoms with van der Waals surface area (Å²) in [6, 6.07) is 8.20. The van der Waals surface area contributed by atoms with E-state index in [1.54, 1.807) is 71.9 Å². The molecule has 0 saturated carbocycles. The minimum atomic E-state index is -1.70. The summed E-state index contributed by atoms with van der Waals surface area (Å²) < 4.78 is 58.8. The van der Waals surface area contributed by atoms with Crippen molar-refractivity contribution in [1.29, 1.82) is 0 Å². The molecule has 2 aliphatic rings. The number of alkyl halides is 2. The van der Waals surface area contributed by atoms with E-state index >= 15 is 4.39 Å². The Morgan fingerprint density at radius 3 is 1.60 bits per heavy atom. The van der Waals surface area contributed by atoms with E-state index in [1.807, 2.05) is 0 Å². The molecule has 332 valence electrons. The van der Waals surface area contributed by atoms with Crippen molar-refractivity contribution in [3.05, 3.63) is 63.7 Å². The Morgan fingerprint density at radius 2 is 1.19 bits per heavy atom. The number of halogens is 2. The van der Waals surface area contributed by atoms with Crippen molar-refractivity contribution >= 4 is 58.3 Å². The number of benzene rings is 1. The Kier molecular flexibility index (Phi) is 13.6. The number of amides is 2. The summed E-state index contributed by atoms with van der Waals surface area (Å²) in [5.74, 6) is -1.41. The summed E-state index contributed by atoms with van der Waals surface area (Å²) in [6.45, 7) is 10.1. The number of nitrogens with zero attached hydrogens (tertiary/aromatic N) is 6. The summed E-state index contributed by atoms with van der Waals surface area (Å²) in [5.41, 5.74) is -1.33. The highest BCUT2D eigenvalue weighted by atomic mass is 19.1. The van der Waals surface area contributed by atoms with Gasteiger partial charge in [0, 0.05) is 11.8 Å². The fourth-order valence-electron chi connectivity index (χ4n) is 6.44. The summed E-state index contributed by atoms with van der Waals surface area (Å²) in [4.78, 5) is 93.3. The number of aromatic nitrogens is 8. The fraction of sp³-hybridized carbons (Fsp3) is 0.474. The van der Waals surface area contributed by atoms with Crippen LogP contribution in [-0.4, -0.2) is 105 Å².